The van der Waals surface area contributed by atoms with Crippen molar-refractivity contribution in [1.29, 1.82) is 0 Å². The maximum Gasteiger partial charge on any atom is 0.123 e. The lowest BCUT2D eigenvalue weighted by Crippen LogP contribution is -2.21. The third-order valence-electron chi connectivity index (χ3n) is 4.95. The molecule has 0 saturated heterocycles. The van der Waals surface area contributed by atoms with E-state index in [1.54, 1.807) is 0 Å². The topological polar surface area (TPSA) is 17.1 Å². The van der Waals surface area contributed by atoms with Crippen molar-refractivity contribution in [2.24, 2.45) is 23.7 Å². The molecule has 0 aromatic heterocycles. The van der Waals surface area contributed by atoms with Crippen LogP contribution in [0.3, 0.4) is 0 Å². The number of aldehydes is 1. The van der Waals surface area contributed by atoms with Crippen LogP contribution >= 0.6 is 0 Å². The van der Waals surface area contributed by atoms with Crippen molar-refractivity contribution in [2.75, 3.05) is 0 Å². The lowest BCUT2D eigenvalue weighted by atomic mass is 9.75. The van der Waals surface area contributed by atoms with Gasteiger partial charge in [0.1, 0.15) is 6.29 Å². The van der Waals surface area contributed by atoms with Crippen molar-refractivity contribution in [3.8, 4) is 0 Å². The van der Waals surface area contributed by atoms with Gasteiger partial charge in [-0.05, 0) is 56.3 Å². The molecule has 1 heteroatoms. The third kappa shape index (κ3) is 2.87. The van der Waals surface area contributed by atoms with Gasteiger partial charge in [0.05, 0.1) is 0 Å². The standard InChI is InChI=1S/C15H26O/c1-2-3-12-4-9-15(10-12)14-7-5-13(11-16)6-8-14/h11-15H,2-10H2,1H3. The lowest BCUT2D eigenvalue weighted by molar-refractivity contribution is -0.112. The van der Waals surface area contributed by atoms with Crippen molar-refractivity contribution in [1.82, 2.24) is 0 Å². The van der Waals surface area contributed by atoms with E-state index in [4.69, 9.17) is 0 Å². The molecular formula is C15H26O. The second-order valence-corrected chi connectivity index (χ2v) is 6.04. The molecule has 0 N–H and O–H groups in total. The average Bonchev–Trinajstić information content (AvgIpc) is 2.78. The summed E-state index contributed by atoms with van der Waals surface area (Å²) in [4.78, 5) is 10.7. The van der Waals surface area contributed by atoms with Gasteiger partial charge in [-0.25, -0.2) is 0 Å². The average molecular weight is 222 g/mol. The van der Waals surface area contributed by atoms with Gasteiger partial charge in [0.2, 0.25) is 0 Å². The van der Waals surface area contributed by atoms with E-state index in [0.717, 1.165) is 17.8 Å². The van der Waals surface area contributed by atoms with Gasteiger partial charge in [-0.3, -0.25) is 0 Å². The van der Waals surface area contributed by atoms with Gasteiger partial charge in [0.25, 0.3) is 0 Å². The summed E-state index contributed by atoms with van der Waals surface area (Å²) >= 11 is 0. The fourth-order valence-corrected chi connectivity index (χ4v) is 3.96. The summed E-state index contributed by atoms with van der Waals surface area (Å²) in [5.74, 6) is 3.38. The van der Waals surface area contributed by atoms with Crippen LogP contribution in [0.1, 0.15) is 64.7 Å². The first-order valence-electron chi connectivity index (χ1n) is 7.28. The summed E-state index contributed by atoms with van der Waals surface area (Å²) in [5, 5.41) is 0. The van der Waals surface area contributed by atoms with Gasteiger partial charge in [-0.1, -0.05) is 26.2 Å². The van der Waals surface area contributed by atoms with E-state index in [-0.39, 0.29) is 0 Å². The van der Waals surface area contributed by atoms with Crippen molar-refractivity contribution in [3.63, 3.8) is 0 Å². The molecule has 16 heavy (non-hydrogen) atoms. The molecule has 2 aliphatic rings. The highest BCUT2D eigenvalue weighted by atomic mass is 16.1. The first-order chi connectivity index (χ1) is 7.83. The molecule has 1 nitrogen and oxygen atoms in total. The van der Waals surface area contributed by atoms with Gasteiger partial charge >= 0.3 is 0 Å². The summed E-state index contributed by atoms with van der Waals surface area (Å²) in [5.41, 5.74) is 0. The van der Waals surface area contributed by atoms with Crippen molar-refractivity contribution in [3.05, 3.63) is 0 Å². The fraction of sp³-hybridized carbons (Fsp3) is 0.933. The molecule has 2 saturated carbocycles. The molecule has 92 valence electrons. The van der Waals surface area contributed by atoms with E-state index in [9.17, 15) is 4.79 Å². The van der Waals surface area contributed by atoms with E-state index < -0.39 is 0 Å². The summed E-state index contributed by atoms with van der Waals surface area (Å²) < 4.78 is 0. The van der Waals surface area contributed by atoms with Crippen molar-refractivity contribution in [2.45, 2.75) is 64.7 Å². The summed E-state index contributed by atoms with van der Waals surface area (Å²) in [6.45, 7) is 2.31. The monoisotopic (exact) mass is 222 g/mol. The van der Waals surface area contributed by atoms with Crippen LogP contribution < -0.4 is 0 Å². The van der Waals surface area contributed by atoms with Gasteiger partial charge in [-0.2, -0.15) is 0 Å². The fourth-order valence-electron chi connectivity index (χ4n) is 3.96. The van der Waals surface area contributed by atoms with Crippen LogP contribution in [0, 0.1) is 23.7 Å². The van der Waals surface area contributed by atoms with Crippen LogP contribution in [0.25, 0.3) is 0 Å². The first kappa shape index (κ1) is 12.1. The Hall–Kier alpha value is -0.330. The molecule has 0 spiro atoms. The summed E-state index contributed by atoms with van der Waals surface area (Å²) in [7, 11) is 0. The number of hydrogen-bond donors (Lipinski definition) is 0. The van der Waals surface area contributed by atoms with E-state index in [1.807, 2.05) is 0 Å². The van der Waals surface area contributed by atoms with Crippen LogP contribution in [0.15, 0.2) is 0 Å². The highest BCUT2D eigenvalue weighted by molar-refractivity contribution is 5.53. The Kier molecular flexibility index (Phi) is 4.43. The minimum Gasteiger partial charge on any atom is -0.303 e. The predicted octanol–water partition coefficient (Wildman–Crippen LogP) is 4.21. The Morgan fingerprint density at radius 2 is 1.69 bits per heavy atom. The number of hydrogen-bond acceptors (Lipinski definition) is 1. The Labute approximate surface area is 100.0 Å². The second-order valence-electron chi connectivity index (χ2n) is 6.04. The third-order valence-corrected chi connectivity index (χ3v) is 4.95. The van der Waals surface area contributed by atoms with E-state index in [2.05, 4.69) is 6.92 Å². The molecule has 0 radical (unpaired) electrons. The van der Waals surface area contributed by atoms with Crippen LogP contribution in [-0.2, 0) is 4.79 Å². The highest BCUT2D eigenvalue weighted by Gasteiger charge is 2.32. The number of carbonyl (C=O) groups excluding carboxylic acids is 1. The van der Waals surface area contributed by atoms with Gasteiger partial charge in [-0.15, -0.1) is 0 Å². The molecule has 0 aliphatic heterocycles. The van der Waals surface area contributed by atoms with Crippen LogP contribution in [-0.4, -0.2) is 6.29 Å². The first-order valence-corrected chi connectivity index (χ1v) is 7.28. The van der Waals surface area contributed by atoms with Gasteiger partial charge < -0.3 is 4.79 Å². The van der Waals surface area contributed by atoms with Crippen molar-refractivity contribution < 1.29 is 4.79 Å². The van der Waals surface area contributed by atoms with E-state index in [0.29, 0.717) is 5.92 Å². The Morgan fingerprint density at radius 3 is 2.31 bits per heavy atom. The minimum atomic E-state index is 0.393. The number of rotatable bonds is 4. The van der Waals surface area contributed by atoms with Crippen LogP contribution in [0.2, 0.25) is 0 Å². The van der Waals surface area contributed by atoms with Gasteiger partial charge in [0.15, 0.2) is 0 Å². The lowest BCUT2D eigenvalue weighted by Gasteiger charge is -2.30. The maximum absolute atomic E-state index is 10.7. The molecule has 0 amide bonds. The zero-order valence-electron chi connectivity index (χ0n) is 10.7. The molecule has 2 fully saturated rings. The SMILES string of the molecule is CCCC1CCC(C2CCC(C=O)CC2)C1. The molecule has 2 aliphatic carbocycles. The minimum absolute atomic E-state index is 0.393. The smallest absolute Gasteiger partial charge is 0.123 e. The maximum atomic E-state index is 10.7. The largest absolute Gasteiger partial charge is 0.303 e. The predicted molar refractivity (Wildman–Crippen MR) is 67.3 cm³/mol. The normalized spacial score (nSPS) is 39.8. The highest BCUT2D eigenvalue weighted by Crippen LogP contribution is 2.43. The number of carbonyl (C=O) groups is 1. The molecular weight excluding hydrogens is 196 g/mol. The quantitative estimate of drug-likeness (QED) is 0.651. The zero-order chi connectivity index (χ0) is 11.4. The van der Waals surface area contributed by atoms with Crippen LogP contribution in [0.4, 0.5) is 0 Å². The summed E-state index contributed by atoms with van der Waals surface area (Å²) in [6.07, 6.45) is 13.4. The second kappa shape index (κ2) is 5.84. The molecule has 0 aromatic carbocycles. The molecule has 2 unspecified atom stereocenters. The van der Waals surface area contributed by atoms with E-state index in [1.165, 1.54) is 64.1 Å². The Bertz CT molecular complexity index is 215. The molecule has 2 atom stereocenters. The van der Waals surface area contributed by atoms with Crippen molar-refractivity contribution >= 4 is 6.29 Å². The summed E-state index contributed by atoms with van der Waals surface area (Å²) in [6, 6.07) is 0. The Balaban J connectivity index is 1.75. The molecule has 0 heterocycles. The molecule has 2 rings (SSSR count). The zero-order valence-corrected chi connectivity index (χ0v) is 10.7. The van der Waals surface area contributed by atoms with E-state index >= 15 is 0 Å². The Morgan fingerprint density at radius 1 is 1.00 bits per heavy atom. The molecule has 0 bridgehead atoms. The van der Waals surface area contributed by atoms with Gasteiger partial charge in [0, 0.05) is 5.92 Å². The molecule has 0 aromatic rings. The van der Waals surface area contributed by atoms with Crippen LogP contribution in [0.5, 0.6) is 0 Å².